The number of hydrogen-bond acceptors (Lipinski definition) is 2. The molecule has 0 unspecified atom stereocenters. The van der Waals surface area contributed by atoms with Gasteiger partial charge in [-0.1, -0.05) is 54.5 Å². The van der Waals surface area contributed by atoms with Crippen LogP contribution in [0.2, 0.25) is 0 Å². The van der Waals surface area contributed by atoms with Crippen LogP contribution < -0.4 is 5.90 Å². The van der Waals surface area contributed by atoms with Crippen molar-refractivity contribution in [3.05, 3.63) is 12.3 Å². The Morgan fingerprint density at radius 2 is 1.69 bits per heavy atom. The molecule has 0 radical (unpaired) electrons. The Kier molecular flexibility index (Phi) is 24.7. The molecule has 0 saturated heterocycles. The van der Waals surface area contributed by atoms with E-state index in [9.17, 15) is 0 Å². The molecule has 2 nitrogen and oxygen atoms in total. The van der Waals surface area contributed by atoms with Gasteiger partial charge in [-0.15, -0.1) is 0 Å². The number of hydrogen-bond donors (Lipinski definition) is 1. The average molecular weight is 189 g/mol. The Bertz CT molecular complexity index is 92.1. The maximum Gasteiger partial charge on any atom is 0.117 e. The van der Waals surface area contributed by atoms with E-state index in [0.717, 1.165) is 12.8 Å². The fourth-order valence-corrected chi connectivity index (χ4v) is 0.581. The van der Waals surface area contributed by atoms with E-state index in [4.69, 9.17) is 5.90 Å². The molecule has 0 aromatic carbocycles. The lowest BCUT2D eigenvalue weighted by Gasteiger charge is -2.07. The van der Waals surface area contributed by atoms with Crippen LogP contribution in [0.4, 0.5) is 0 Å². The molecule has 0 aliphatic heterocycles. The van der Waals surface area contributed by atoms with Gasteiger partial charge in [0.2, 0.25) is 0 Å². The van der Waals surface area contributed by atoms with Crippen LogP contribution in [0.25, 0.3) is 0 Å². The minimum Gasteiger partial charge on any atom is -0.417 e. The maximum atomic E-state index is 4.88. The molecule has 0 aliphatic carbocycles. The summed E-state index contributed by atoms with van der Waals surface area (Å²) in [7, 11) is 0. The molecular weight excluding hydrogens is 162 g/mol. The molecule has 0 saturated carbocycles. The highest BCUT2D eigenvalue weighted by atomic mass is 16.6. The van der Waals surface area contributed by atoms with Crippen molar-refractivity contribution in [2.24, 2.45) is 11.8 Å². The van der Waals surface area contributed by atoms with E-state index in [1.54, 1.807) is 0 Å². The van der Waals surface area contributed by atoms with Crippen molar-refractivity contribution in [3.63, 3.8) is 0 Å². The average Bonchev–Trinajstić information content (AvgIpc) is 2.23. The van der Waals surface area contributed by atoms with E-state index in [0.29, 0.717) is 11.7 Å². The van der Waals surface area contributed by atoms with E-state index >= 15 is 0 Å². The van der Waals surface area contributed by atoms with E-state index in [1.807, 2.05) is 27.7 Å². The van der Waals surface area contributed by atoms with Crippen molar-refractivity contribution in [2.45, 2.75) is 54.4 Å². The van der Waals surface area contributed by atoms with Gasteiger partial charge in [-0.05, 0) is 5.92 Å². The van der Waals surface area contributed by atoms with E-state index in [1.165, 1.54) is 0 Å². The Morgan fingerprint density at radius 1 is 1.31 bits per heavy atom. The molecule has 82 valence electrons. The van der Waals surface area contributed by atoms with Crippen molar-refractivity contribution >= 4 is 0 Å². The maximum absolute atomic E-state index is 4.88. The predicted molar refractivity (Wildman–Crippen MR) is 61.2 cm³/mol. The van der Waals surface area contributed by atoms with Crippen molar-refractivity contribution in [3.8, 4) is 0 Å². The second kappa shape index (κ2) is 17.5. The summed E-state index contributed by atoms with van der Waals surface area (Å²) in [6.07, 6.45) is 2.01. The zero-order valence-corrected chi connectivity index (χ0v) is 10.2. The third-order valence-electron chi connectivity index (χ3n) is 1.44. The van der Waals surface area contributed by atoms with Gasteiger partial charge in [0.15, 0.2) is 0 Å². The van der Waals surface area contributed by atoms with E-state index in [-0.39, 0.29) is 0 Å². The van der Waals surface area contributed by atoms with Gasteiger partial charge in [-0.3, -0.25) is 0 Å². The largest absolute Gasteiger partial charge is 0.417 e. The van der Waals surface area contributed by atoms with Crippen LogP contribution >= 0.6 is 0 Å². The van der Waals surface area contributed by atoms with Gasteiger partial charge in [0.1, 0.15) is 5.76 Å². The van der Waals surface area contributed by atoms with Crippen molar-refractivity contribution in [2.75, 3.05) is 0 Å². The van der Waals surface area contributed by atoms with Crippen LogP contribution in [0.15, 0.2) is 12.3 Å². The van der Waals surface area contributed by atoms with Gasteiger partial charge in [0.25, 0.3) is 0 Å². The summed E-state index contributed by atoms with van der Waals surface area (Å²) in [6.45, 7) is 15.9. The molecule has 1 atom stereocenters. The fourth-order valence-electron chi connectivity index (χ4n) is 0.581. The first-order chi connectivity index (χ1) is 6.20. The number of nitrogens with two attached hydrogens (primary N) is 1. The molecule has 0 bridgehead atoms. The summed E-state index contributed by atoms with van der Waals surface area (Å²) in [5.74, 6) is 6.17. The van der Waals surface area contributed by atoms with Crippen molar-refractivity contribution in [1.29, 1.82) is 0 Å². The van der Waals surface area contributed by atoms with Crippen molar-refractivity contribution in [1.82, 2.24) is 0 Å². The molecule has 0 spiro atoms. The fraction of sp³-hybridized carbons (Fsp3) is 0.818. The Labute approximate surface area is 84.1 Å². The third-order valence-corrected chi connectivity index (χ3v) is 1.44. The Balaban J connectivity index is -0.000000218. The normalized spacial score (nSPS) is 9.77. The highest BCUT2D eigenvalue weighted by Crippen LogP contribution is 2.11. The van der Waals surface area contributed by atoms with Crippen LogP contribution in [0, 0.1) is 5.92 Å². The summed E-state index contributed by atoms with van der Waals surface area (Å²) in [6, 6.07) is 0. The van der Waals surface area contributed by atoms with Gasteiger partial charge in [0, 0.05) is 6.42 Å². The first kappa shape index (κ1) is 18.3. The molecule has 2 N–H and O–H groups in total. The molecule has 0 aromatic rings. The van der Waals surface area contributed by atoms with Gasteiger partial charge < -0.3 is 4.84 Å². The van der Waals surface area contributed by atoms with Gasteiger partial charge in [-0.25, -0.2) is 0 Å². The second-order valence-corrected chi connectivity index (χ2v) is 2.37. The van der Waals surface area contributed by atoms with Gasteiger partial charge >= 0.3 is 0 Å². The monoisotopic (exact) mass is 189 g/mol. The quantitative estimate of drug-likeness (QED) is 0.538. The van der Waals surface area contributed by atoms with Crippen LogP contribution in [0.5, 0.6) is 0 Å². The molecule has 0 heterocycles. The van der Waals surface area contributed by atoms with Crippen LogP contribution in [0.1, 0.15) is 54.4 Å². The highest BCUT2D eigenvalue weighted by Gasteiger charge is 2.00. The molecular formula is C11H27NO. The van der Waals surface area contributed by atoms with Crippen LogP contribution in [0.3, 0.4) is 0 Å². The third kappa shape index (κ3) is 18.5. The van der Waals surface area contributed by atoms with Gasteiger partial charge in [-0.2, -0.15) is 5.90 Å². The Hall–Kier alpha value is -0.500. The number of rotatable bonds is 4. The summed E-state index contributed by atoms with van der Waals surface area (Å²) < 4.78 is 0. The zero-order chi connectivity index (χ0) is 11.3. The molecule has 13 heavy (non-hydrogen) atoms. The van der Waals surface area contributed by atoms with Crippen LogP contribution in [-0.4, -0.2) is 0 Å². The topological polar surface area (TPSA) is 35.2 Å². The summed E-state index contributed by atoms with van der Waals surface area (Å²) >= 11 is 0. The van der Waals surface area contributed by atoms with Crippen molar-refractivity contribution < 1.29 is 4.84 Å². The molecule has 0 rings (SSSR count). The molecule has 0 amide bonds. The predicted octanol–water partition coefficient (Wildman–Crippen LogP) is 3.88. The number of allylic oxidation sites excluding steroid dienone is 1. The summed E-state index contributed by atoms with van der Waals surface area (Å²) in [5.41, 5.74) is 0. The van der Waals surface area contributed by atoms with E-state index < -0.39 is 0 Å². The Morgan fingerprint density at radius 3 is 1.92 bits per heavy atom. The second-order valence-electron chi connectivity index (χ2n) is 2.37. The van der Waals surface area contributed by atoms with Crippen LogP contribution in [-0.2, 0) is 4.84 Å². The minimum atomic E-state index is 0.626. The summed E-state index contributed by atoms with van der Waals surface area (Å²) in [5, 5.41) is 0. The molecule has 2 heteroatoms. The van der Waals surface area contributed by atoms with Gasteiger partial charge in [0.05, 0.1) is 0 Å². The smallest absolute Gasteiger partial charge is 0.117 e. The first-order valence-corrected chi connectivity index (χ1v) is 5.25. The SMILES string of the molecule is C=C(C[C@@H](C)CC)ON.CC.CC. The molecule has 0 aromatic heterocycles. The van der Waals surface area contributed by atoms with E-state index in [2.05, 4.69) is 25.3 Å². The first-order valence-electron chi connectivity index (χ1n) is 5.25. The standard InChI is InChI=1S/C7H15NO.2C2H6/c1-4-6(2)5-7(3)9-8;2*1-2/h6H,3-5,8H2,1-2H3;2*1-2H3/t6-;;/m0../s1. The molecule has 0 fully saturated rings. The molecule has 0 aliphatic rings. The zero-order valence-electron chi connectivity index (χ0n) is 10.2. The summed E-state index contributed by atoms with van der Waals surface area (Å²) in [4.78, 5) is 4.43. The lowest BCUT2D eigenvalue weighted by atomic mass is 10.0. The highest BCUT2D eigenvalue weighted by molar-refractivity contribution is 4.82. The lowest BCUT2D eigenvalue weighted by Crippen LogP contribution is -2.02. The minimum absolute atomic E-state index is 0.626. The lowest BCUT2D eigenvalue weighted by molar-refractivity contribution is 0.201.